The Morgan fingerprint density at radius 1 is 1.20 bits per heavy atom. The van der Waals surface area contributed by atoms with Gasteiger partial charge in [0.15, 0.2) is 0 Å². The molecule has 25 heavy (non-hydrogen) atoms. The molecule has 0 aliphatic rings. The third-order valence-electron chi connectivity index (χ3n) is 3.95. The van der Waals surface area contributed by atoms with Crippen molar-refractivity contribution in [3.63, 3.8) is 0 Å². The molecule has 0 aliphatic heterocycles. The second kappa shape index (κ2) is 7.57. The van der Waals surface area contributed by atoms with Crippen LogP contribution in [0.3, 0.4) is 0 Å². The number of thiazole rings is 1. The van der Waals surface area contributed by atoms with Crippen LogP contribution in [0.5, 0.6) is 0 Å². The Hall–Kier alpha value is -2.53. The average molecular weight is 354 g/mol. The summed E-state index contributed by atoms with van der Waals surface area (Å²) in [5.74, 6) is -0.433. The van der Waals surface area contributed by atoms with E-state index in [1.54, 1.807) is 16.3 Å². The molecule has 0 fully saturated rings. The van der Waals surface area contributed by atoms with Crippen molar-refractivity contribution in [2.45, 2.75) is 20.4 Å². The molecule has 1 aromatic heterocycles. The second-order valence-corrected chi connectivity index (χ2v) is 6.71. The molecule has 0 bridgehead atoms. The van der Waals surface area contributed by atoms with Gasteiger partial charge in [-0.1, -0.05) is 42.0 Å². The van der Waals surface area contributed by atoms with Crippen LogP contribution in [-0.2, 0) is 6.54 Å². The lowest BCUT2D eigenvalue weighted by molar-refractivity contribution is 0.0747. The molecule has 128 valence electrons. The van der Waals surface area contributed by atoms with E-state index in [-0.39, 0.29) is 11.7 Å². The van der Waals surface area contributed by atoms with Crippen LogP contribution in [-0.4, -0.2) is 22.3 Å². The molecule has 2 aromatic carbocycles. The highest BCUT2D eigenvalue weighted by Gasteiger charge is 2.18. The molecule has 5 heteroatoms. The van der Waals surface area contributed by atoms with Crippen molar-refractivity contribution >= 4 is 17.2 Å². The summed E-state index contributed by atoms with van der Waals surface area (Å²) in [6.07, 6.45) is 0. The Morgan fingerprint density at radius 3 is 2.64 bits per heavy atom. The van der Waals surface area contributed by atoms with Crippen molar-refractivity contribution in [2.24, 2.45) is 0 Å². The highest BCUT2D eigenvalue weighted by molar-refractivity contribution is 7.13. The molecule has 0 unspecified atom stereocenters. The lowest BCUT2D eigenvalue weighted by Gasteiger charge is -2.20. The van der Waals surface area contributed by atoms with Gasteiger partial charge in [0.05, 0.1) is 0 Å². The Morgan fingerprint density at radius 2 is 1.96 bits per heavy atom. The number of hydrogen-bond donors (Lipinski definition) is 0. The number of benzene rings is 2. The lowest BCUT2D eigenvalue weighted by Crippen LogP contribution is -2.30. The summed E-state index contributed by atoms with van der Waals surface area (Å²) in [5.41, 5.74) is 3.38. The van der Waals surface area contributed by atoms with E-state index in [1.807, 2.05) is 44.2 Å². The molecule has 3 aromatic rings. The van der Waals surface area contributed by atoms with Crippen molar-refractivity contribution in [1.29, 1.82) is 0 Å². The van der Waals surface area contributed by atoms with E-state index in [2.05, 4.69) is 4.98 Å². The van der Waals surface area contributed by atoms with Crippen LogP contribution in [0.4, 0.5) is 4.39 Å². The van der Waals surface area contributed by atoms with Gasteiger partial charge in [0.2, 0.25) is 0 Å². The number of carbonyl (C=O) groups is 1. The molecule has 0 N–H and O–H groups in total. The summed E-state index contributed by atoms with van der Waals surface area (Å²) in [4.78, 5) is 18.9. The molecule has 0 radical (unpaired) electrons. The van der Waals surface area contributed by atoms with Crippen molar-refractivity contribution in [2.75, 3.05) is 6.54 Å². The zero-order valence-corrected chi connectivity index (χ0v) is 15.0. The van der Waals surface area contributed by atoms with Gasteiger partial charge in [0.1, 0.15) is 16.5 Å². The molecule has 3 nitrogen and oxygen atoms in total. The first-order valence-electron chi connectivity index (χ1n) is 8.13. The van der Waals surface area contributed by atoms with Gasteiger partial charge in [-0.3, -0.25) is 4.79 Å². The largest absolute Gasteiger partial charge is 0.333 e. The standard InChI is InChI=1S/C20H19FN2OS/c1-3-23(12-15-5-4-6-17(21)11-15)20(24)18-13-25-19(22-18)16-9-7-14(2)8-10-16/h4-11,13H,3,12H2,1-2H3. The smallest absolute Gasteiger partial charge is 0.273 e. The predicted octanol–water partition coefficient (Wildman–Crippen LogP) is 4.92. The molecule has 0 atom stereocenters. The third-order valence-corrected chi connectivity index (χ3v) is 4.84. The minimum absolute atomic E-state index is 0.138. The fraction of sp³-hybridized carbons (Fsp3) is 0.200. The van der Waals surface area contributed by atoms with Crippen LogP contribution in [0.15, 0.2) is 53.9 Å². The Balaban J connectivity index is 1.78. The third kappa shape index (κ3) is 4.12. The zero-order chi connectivity index (χ0) is 17.8. The van der Waals surface area contributed by atoms with Crippen molar-refractivity contribution in [3.05, 3.63) is 76.5 Å². The van der Waals surface area contributed by atoms with Crippen LogP contribution >= 0.6 is 11.3 Å². The van der Waals surface area contributed by atoms with E-state index in [0.29, 0.717) is 18.8 Å². The fourth-order valence-electron chi connectivity index (χ4n) is 2.55. The molecule has 0 saturated carbocycles. The zero-order valence-electron chi connectivity index (χ0n) is 14.2. The van der Waals surface area contributed by atoms with Crippen LogP contribution in [0.2, 0.25) is 0 Å². The van der Waals surface area contributed by atoms with E-state index in [9.17, 15) is 9.18 Å². The Labute approximate surface area is 150 Å². The van der Waals surface area contributed by atoms with Gasteiger partial charge in [-0.15, -0.1) is 11.3 Å². The number of rotatable bonds is 5. The molecule has 0 aliphatic carbocycles. The predicted molar refractivity (Wildman–Crippen MR) is 99.1 cm³/mol. The number of aromatic nitrogens is 1. The fourth-order valence-corrected chi connectivity index (χ4v) is 3.35. The first-order chi connectivity index (χ1) is 12.1. The first kappa shape index (κ1) is 17.3. The van der Waals surface area contributed by atoms with Crippen LogP contribution in [0, 0.1) is 12.7 Å². The summed E-state index contributed by atoms with van der Waals surface area (Å²) in [6.45, 7) is 4.84. The second-order valence-electron chi connectivity index (χ2n) is 5.85. The number of carbonyl (C=O) groups excluding carboxylic acids is 1. The maximum Gasteiger partial charge on any atom is 0.273 e. The number of hydrogen-bond acceptors (Lipinski definition) is 3. The average Bonchev–Trinajstić information content (AvgIpc) is 3.10. The van der Waals surface area contributed by atoms with Crippen molar-refractivity contribution < 1.29 is 9.18 Å². The number of halogens is 1. The van der Waals surface area contributed by atoms with Gasteiger partial charge in [-0.25, -0.2) is 9.37 Å². The van der Waals surface area contributed by atoms with E-state index < -0.39 is 0 Å². The summed E-state index contributed by atoms with van der Waals surface area (Å²) < 4.78 is 13.4. The Kier molecular flexibility index (Phi) is 5.24. The summed E-state index contributed by atoms with van der Waals surface area (Å²) in [7, 11) is 0. The molecular formula is C20H19FN2OS. The van der Waals surface area contributed by atoms with Crippen LogP contribution in [0.1, 0.15) is 28.5 Å². The van der Waals surface area contributed by atoms with Gasteiger partial charge in [0.25, 0.3) is 5.91 Å². The Bertz CT molecular complexity index is 873. The van der Waals surface area contributed by atoms with Crippen molar-refractivity contribution in [3.8, 4) is 10.6 Å². The SMILES string of the molecule is CCN(Cc1cccc(F)c1)C(=O)c1csc(-c2ccc(C)cc2)n1. The number of nitrogens with zero attached hydrogens (tertiary/aromatic N) is 2. The molecular weight excluding hydrogens is 335 g/mol. The van der Waals surface area contributed by atoms with Gasteiger partial charge in [-0.2, -0.15) is 0 Å². The number of aryl methyl sites for hydroxylation is 1. The van der Waals surface area contributed by atoms with E-state index in [1.165, 1.54) is 29.0 Å². The van der Waals surface area contributed by atoms with Gasteiger partial charge in [0, 0.05) is 24.0 Å². The number of amides is 1. The molecule has 0 spiro atoms. The van der Waals surface area contributed by atoms with Crippen LogP contribution < -0.4 is 0 Å². The van der Waals surface area contributed by atoms with Gasteiger partial charge >= 0.3 is 0 Å². The topological polar surface area (TPSA) is 33.2 Å². The maximum absolute atomic E-state index is 13.4. The van der Waals surface area contributed by atoms with E-state index in [4.69, 9.17) is 0 Å². The first-order valence-corrected chi connectivity index (χ1v) is 9.01. The molecule has 1 amide bonds. The molecule has 0 saturated heterocycles. The quantitative estimate of drug-likeness (QED) is 0.651. The minimum Gasteiger partial charge on any atom is -0.333 e. The molecule has 3 rings (SSSR count). The minimum atomic E-state index is -0.295. The van der Waals surface area contributed by atoms with Crippen LogP contribution in [0.25, 0.3) is 10.6 Å². The summed E-state index contributed by atoms with van der Waals surface area (Å²) >= 11 is 1.45. The lowest BCUT2D eigenvalue weighted by atomic mass is 10.2. The summed E-state index contributed by atoms with van der Waals surface area (Å²) in [6, 6.07) is 14.4. The van der Waals surface area contributed by atoms with Gasteiger partial charge in [-0.05, 0) is 31.5 Å². The van der Waals surface area contributed by atoms with Gasteiger partial charge < -0.3 is 4.90 Å². The summed E-state index contributed by atoms with van der Waals surface area (Å²) in [5, 5.41) is 2.61. The van der Waals surface area contributed by atoms with E-state index in [0.717, 1.165) is 16.1 Å². The highest BCUT2D eigenvalue weighted by atomic mass is 32.1. The highest BCUT2D eigenvalue weighted by Crippen LogP contribution is 2.25. The maximum atomic E-state index is 13.4. The normalized spacial score (nSPS) is 10.7. The van der Waals surface area contributed by atoms with E-state index >= 15 is 0 Å². The molecule has 1 heterocycles. The monoisotopic (exact) mass is 354 g/mol. The van der Waals surface area contributed by atoms with Crippen molar-refractivity contribution in [1.82, 2.24) is 9.88 Å².